The lowest BCUT2D eigenvalue weighted by molar-refractivity contribution is -0.384. The maximum absolute atomic E-state index is 13.4. The van der Waals surface area contributed by atoms with E-state index in [1.165, 1.54) is 24.3 Å². The van der Waals surface area contributed by atoms with Crippen molar-refractivity contribution in [2.45, 2.75) is 19.0 Å². The van der Waals surface area contributed by atoms with E-state index in [2.05, 4.69) is 5.10 Å². The van der Waals surface area contributed by atoms with Gasteiger partial charge in [0.15, 0.2) is 0 Å². The first-order valence-electron chi connectivity index (χ1n) is 8.26. The molecule has 13 heteroatoms. The summed E-state index contributed by atoms with van der Waals surface area (Å²) in [6.07, 6.45) is -9.45. The Kier molecular flexibility index (Phi) is 5.85. The standard InChI is InChI=1S/C18H10ClF6N3O3/c19-12-4-1-10(2-5-12)9-31-16-13(18(23,24)25)8-26-27(16)14-6-3-11(17(20,21)22)7-15(14)28(29)30/h1-8H,9H2. The minimum atomic E-state index is -4.94. The Labute approximate surface area is 174 Å². The Hall–Kier alpha value is -3.28. The molecule has 164 valence electrons. The van der Waals surface area contributed by atoms with Gasteiger partial charge in [-0.05, 0) is 29.8 Å². The molecule has 0 amide bonds. The van der Waals surface area contributed by atoms with Crippen molar-refractivity contribution < 1.29 is 36.0 Å². The fraction of sp³-hybridized carbons (Fsp3) is 0.167. The molecule has 0 fully saturated rings. The molecule has 0 radical (unpaired) electrons. The number of benzene rings is 2. The zero-order valence-corrected chi connectivity index (χ0v) is 15.8. The number of hydrogen-bond donors (Lipinski definition) is 0. The third-order valence-electron chi connectivity index (χ3n) is 4.05. The highest BCUT2D eigenvalue weighted by Gasteiger charge is 2.39. The van der Waals surface area contributed by atoms with Crippen LogP contribution < -0.4 is 4.74 Å². The number of nitro groups is 1. The summed E-state index contributed by atoms with van der Waals surface area (Å²) >= 11 is 5.75. The molecule has 2 aromatic carbocycles. The average molecular weight is 466 g/mol. The first-order chi connectivity index (χ1) is 14.4. The fourth-order valence-corrected chi connectivity index (χ4v) is 2.73. The van der Waals surface area contributed by atoms with E-state index in [1.54, 1.807) is 0 Å². The highest BCUT2D eigenvalue weighted by molar-refractivity contribution is 6.30. The molecular weight excluding hydrogens is 456 g/mol. The molecule has 31 heavy (non-hydrogen) atoms. The van der Waals surface area contributed by atoms with Gasteiger partial charge in [-0.1, -0.05) is 23.7 Å². The van der Waals surface area contributed by atoms with Crippen molar-refractivity contribution in [1.29, 1.82) is 0 Å². The summed E-state index contributed by atoms with van der Waals surface area (Å²) in [6, 6.07) is 7.29. The van der Waals surface area contributed by atoms with Crippen molar-refractivity contribution in [2.75, 3.05) is 0 Å². The highest BCUT2D eigenvalue weighted by Crippen LogP contribution is 2.40. The second-order valence-corrected chi connectivity index (χ2v) is 6.58. The summed E-state index contributed by atoms with van der Waals surface area (Å²) in [5.74, 6) is -0.912. The molecule has 0 aliphatic rings. The van der Waals surface area contributed by atoms with Crippen LogP contribution in [-0.2, 0) is 19.0 Å². The Morgan fingerprint density at radius 3 is 2.23 bits per heavy atom. The third-order valence-corrected chi connectivity index (χ3v) is 4.30. The maximum atomic E-state index is 13.4. The van der Waals surface area contributed by atoms with E-state index in [0.717, 1.165) is 0 Å². The Balaban J connectivity index is 2.10. The van der Waals surface area contributed by atoms with Crippen LogP contribution in [0.1, 0.15) is 16.7 Å². The van der Waals surface area contributed by atoms with Crippen molar-refractivity contribution in [3.05, 3.63) is 80.5 Å². The normalized spacial score (nSPS) is 12.1. The van der Waals surface area contributed by atoms with Crippen LogP contribution in [0.3, 0.4) is 0 Å². The van der Waals surface area contributed by atoms with Crippen LogP contribution in [0, 0.1) is 10.1 Å². The first-order valence-corrected chi connectivity index (χ1v) is 8.64. The summed E-state index contributed by atoms with van der Waals surface area (Å²) in [5.41, 5.74) is -3.99. The Morgan fingerprint density at radius 2 is 1.68 bits per heavy atom. The van der Waals surface area contributed by atoms with Crippen LogP contribution in [0.5, 0.6) is 5.88 Å². The summed E-state index contributed by atoms with van der Waals surface area (Å²) in [4.78, 5) is 10.2. The van der Waals surface area contributed by atoms with Gasteiger partial charge in [-0.3, -0.25) is 10.1 Å². The number of rotatable bonds is 5. The molecule has 0 aliphatic heterocycles. The molecule has 0 N–H and O–H groups in total. The van der Waals surface area contributed by atoms with Crippen LogP contribution in [-0.4, -0.2) is 14.7 Å². The van der Waals surface area contributed by atoms with E-state index in [9.17, 15) is 36.5 Å². The highest BCUT2D eigenvalue weighted by atomic mass is 35.5. The predicted molar refractivity (Wildman–Crippen MR) is 96.0 cm³/mol. The lowest BCUT2D eigenvalue weighted by atomic mass is 10.1. The number of aromatic nitrogens is 2. The molecule has 0 aliphatic carbocycles. The van der Waals surface area contributed by atoms with Crippen molar-refractivity contribution in [3.8, 4) is 11.6 Å². The van der Waals surface area contributed by atoms with Gasteiger partial charge in [0, 0.05) is 11.1 Å². The molecule has 3 rings (SSSR count). The summed E-state index contributed by atoms with van der Waals surface area (Å²) in [7, 11) is 0. The fourth-order valence-electron chi connectivity index (χ4n) is 2.60. The minimum Gasteiger partial charge on any atom is -0.472 e. The van der Waals surface area contributed by atoms with Crippen LogP contribution in [0.15, 0.2) is 48.7 Å². The van der Waals surface area contributed by atoms with Gasteiger partial charge in [-0.2, -0.15) is 36.1 Å². The lowest BCUT2D eigenvalue weighted by Crippen LogP contribution is -2.12. The molecular formula is C18H10ClF6N3O3. The topological polar surface area (TPSA) is 70.2 Å². The molecule has 1 heterocycles. The molecule has 0 bridgehead atoms. The van der Waals surface area contributed by atoms with Crippen LogP contribution in [0.25, 0.3) is 5.69 Å². The molecule has 0 unspecified atom stereocenters. The number of hydrogen-bond acceptors (Lipinski definition) is 4. The van der Waals surface area contributed by atoms with Crippen LogP contribution >= 0.6 is 11.6 Å². The Morgan fingerprint density at radius 1 is 1.03 bits per heavy atom. The van der Waals surface area contributed by atoms with E-state index in [4.69, 9.17) is 16.3 Å². The predicted octanol–water partition coefficient (Wildman–Crippen LogP) is 6.05. The van der Waals surface area contributed by atoms with Gasteiger partial charge in [0.1, 0.15) is 17.9 Å². The van der Waals surface area contributed by atoms with Gasteiger partial charge in [0.2, 0.25) is 5.88 Å². The van der Waals surface area contributed by atoms with Crippen molar-refractivity contribution in [2.24, 2.45) is 0 Å². The largest absolute Gasteiger partial charge is 0.472 e. The molecule has 0 atom stereocenters. The SMILES string of the molecule is O=[N+]([O-])c1cc(C(F)(F)F)ccc1-n1ncc(C(F)(F)F)c1OCc1ccc(Cl)cc1. The van der Waals surface area contributed by atoms with E-state index in [0.29, 0.717) is 33.6 Å². The van der Waals surface area contributed by atoms with Gasteiger partial charge in [0.05, 0.1) is 16.7 Å². The van der Waals surface area contributed by atoms with E-state index >= 15 is 0 Å². The minimum absolute atomic E-state index is 0.216. The van der Waals surface area contributed by atoms with Crippen molar-refractivity contribution in [1.82, 2.24) is 9.78 Å². The van der Waals surface area contributed by atoms with Gasteiger partial charge >= 0.3 is 12.4 Å². The zero-order chi connectivity index (χ0) is 23.0. The number of alkyl halides is 6. The number of halogens is 7. The number of nitrogens with zero attached hydrogens (tertiary/aromatic N) is 3. The quantitative estimate of drug-likeness (QED) is 0.261. The molecule has 0 saturated carbocycles. The number of nitro benzene ring substituents is 1. The average Bonchev–Trinajstić information content (AvgIpc) is 3.10. The van der Waals surface area contributed by atoms with Crippen molar-refractivity contribution >= 4 is 17.3 Å². The molecule has 6 nitrogen and oxygen atoms in total. The van der Waals surface area contributed by atoms with Crippen LogP contribution in [0.4, 0.5) is 32.0 Å². The second kappa shape index (κ2) is 8.10. The molecule has 3 aromatic rings. The number of ether oxygens (including phenoxy) is 1. The molecule has 0 spiro atoms. The van der Waals surface area contributed by atoms with Gasteiger partial charge in [0.25, 0.3) is 5.69 Å². The lowest BCUT2D eigenvalue weighted by Gasteiger charge is -2.14. The van der Waals surface area contributed by atoms with Gasteiger partial charge in [-0.15, -0.1) is 0 Å². The molecule has 1 aromatic heterocycles. The smallest absolute Gasteiger partial charge is 0.423 e. The summed E-state index contributed by atoms with van der Waals surface area (Å²) in [5, 5.41) is 15.2. The van der Waals surface area contributed by atoms with Crippen LogP contribution in [0.2, 0.25) is 5.02 Å². The molecule has 0 saturated heterocycles. The monoisotopic (exact) mass is 465 g/mol. The third kappa shape index (κ3) is 4.90. The zero-order valence-electron chi connectivity index (χ0n) is 15.0. The summed E-state index contributed by atoms with van der Waals surface area (Å²) < 4.78 is 84.6. The van der Waals surface area contributed by atoms with Gasteiger partial charge < -0.3 is 4.74 Å². The second-order valence-electron chi connectivity index (χ2n) is 6.15. The van der Waals surface area contributed by atoms with Crippen molar-refractivity contribution in [3.63, 3.8) is 0 Å². The maximum Gasteiger partial charge on any atom is 0.423 e. The van der Waals surface area contributed by atoms with E-state index in [1.807, 2.05) is 0 Å². The Bertz CT molecular complexity index is 1110. The van der Waals surface area contributed by atoms with E-state index in [-0.39, 0.29) is 12.7 Å². The van der Waals surface area contributed by atoms with Gasteiger partial charge in [-0.25, -0.2) is 0 Å². The summed E-state index contributed by atoms with van der Waals surface area (Å²) in [6.45, 7) is -0.389. The first kappa shape index (κ1) is 22.4. The van der Waals surface area contributed by atoms with E-state index < -0.39 is 45.7 Å².